The van der Waals surface area contributed by atoms with E-state index in [1.165, 1.54) is 0 Å². The first-order valence-electron chi connectivity index (χ1n) is 5.63. The van der Waals surface area contributed by atoms with Crippen LogP contribution in [0, 0.1) is 0 Å². The number of ether oxygens (including phenoxy) is 1. The minimum atomic E-state index is -5.09. The SMILES string of the molecule is CS(=O)(CCOCc1ccccc1)=NC(=O)C(F)(F)F. The van der Waals surface area contributed by atoms with Crippen LogP contribution in [-0.4, -0.2) is 34.9 Å². The Morgan fingerprint density at radius 2 is 1.90 bits per heavy atom. The van der Waals surface area contributed by atoms with E-state index >= 15 is 0 Å². The van der Waals surface area contributed by atoms with E-state index in [1.54, 1.807) is 0 Å². The molecule has 1 aromatic carbocycles. The second-order valence-corrected chi connectivity index (χ2v) is 6.61. The van der Waals surface area contributed by atoms with Gasteiger partial charge in [-0.3, -0.25) is 4.79 Å². The summed E-state index contributed by atoms with van der Waals surface area (Å²) in [4.78, 5) is 10.6. The molecule has 0 N–H and O–H groups in total. The highest BCUT2D eigenvalue weighted by molar-refractivity contribution is 7.93. The molecule has 1 aromatic rings. The van der Waals surface area contributed by atoms with Gasteiger partial charge in [-0.15, -0.1) is 0 Å². The third-order valence-corrected chi connectivity index (χ3v) is 3.71. The summed E-state index contributed by atoms with van der Waals surface area (Å²) in [6.45, 7) is 0.211. The van der Waals surface area contributed by atoms with Crippen molar-refractivity contribution in [3.05, 3.63) is 35.9 Å². The predicted molar refractivity (Wildman–Crippen MR) is 68.5 cm³/mol. The van der Waals surface area contributed by atoms with Crippen LogP contribution in [0.1, 0.15) is 5.56 Å². The smallest absolute Gasteiger partial charge is 0.376 e. The molecule has 112 valence electrons. The van der Waals surface area contributed by atoms with E-state index in [0.29, 0.717) is 0 Å². The molecule has 1 unspecified atom stereocenters. The van der Waals surface area contributed by atoms with Crippen molar-refractivity contribution in [3.63, 3.8) is 0 Å². The zero-order valence-electron chi connectivity index (χ0n) is 10.7. The molecule has 4 nitrogen and oxygen atoms in total. The molecule has 8 heteroatoms. The lowest BCUT2D eigenvalue weighted by atomic mass is 10.2. The Balaban J connectivity index is 2.46. The van der Waals surface area contributed by atoms with Crippen molar-refractivity contribution in [1.82, 2.24) is 0 Å². The van der Waals surface area contributed by atoms with E-state index < -0.39 is 21.8 Å². The first-order chi connectivity index (χ1) is 9.21. The number of amides is 1. The molecule has 1 rings (SSSR count). The van der Waals surface area contributed by atoms with Gasteiger partial charge in [0.1, 0.15) is 0 Å². The van der Waals surface area contributed by atoms with Gasteiger partial charge in [0.05, 0.1) is 28.7 Å². The van der Waals surface area contributed by atoms with Gasteiger partial charge in [-0.05, 0) is 5.56 Å². The quantitative estimate of drug-likeness (QED) is 0.785. The lowest BCUT2D eigenvalue weighted by Gasteiger charge is -2.07. The van der Waals surface area contributed by atoms with Crippen LogP contribution in [0.5, 0.6) is 0 Å². The van der Waals surface area contributed by atoms with E-state index in [4.69, 9.17) is 4.74 Å². The van der Waals surface area contributed by atoms with Gasteiger partial charge in [0, 0.05) is 6.26 Å². The second-order valence-electron chi connectivity index (χ2n) is 4.10. The van der Waals surface area contributed by atoms with Crippen LogP contribution in [0.25, 0.3) is 0 Å². The summed E-state index contributed by atoms with van der Waals surface area (Å²) in [5.74, 6) is -2.56. The molecule has 0 heterocycles. The highest BCUT2D eigenvalue weighted by Gasteiger charge is 2.39. The molecule has 0 aliphatic carbocycles. The van der Waals surface area contributed by atoms with Gasteiger partial charge in [-0.25, -0.2) is 4.21 Å². The molecule has 0 fully saturated rings. The van der Waals surface area contributed by atoms with Crippen molar-refractivity contribution < 1.29 is 26.9 Å². The van der Waals surface area contributed by atoms with Crippen molar-refractivity contribution in [1.29, 1.82) is 0 Å². The Morgan fingerprint density at radius 3 is 2.45 bits per heavy atom. The van der Waals surface area contributed by atoms with Gasteiger partial charge < -0.3 is 4.74 Å². The number of benzene rings is 1. The third kappa shape index (κ3) is 6.16. The number of rotatable bonds is 5. The second kappa shape index (κ2) is 6.85. The van der Waals surface area contributed by atoms with Crippen LogP contribution in [0.15, 0.2) is 34.7 Å². The molecule has 1 atom stereocenters. The van der Waals surface area contributed by atoms with E-state index in [-0.39, 0.29) is 19.0 Å². The largest absolute Gasteiger partial charge is 0.474 e. The maximum atomic E-state index is 12.0. The fourth-order valence-corrected chi connectivity index (χ4v) is 2.22. The molecule has 20 heavy (non-hydrogen) atoms. The van der Waals surface area contributed by atoms with Gasteiger partial charge >= 0.3 is 12.1 Å². The van der Waals surface area contributed by atoms with Crippen molar-refractivity contribution in [2.45, 2.75) is 12.8 Å². The van der Waals surface area contributed by atoms with E-state index in [9.17, 15) is 22.2 Å². The van der Waals surface area contributed by atoms with E-state index in [0.717, 1.165) is 11.8 Å². The Bertz CT molecular complexity index is 563. The monoisotopic (exact) mass is 309 g/mol. The highest BCUT2D eigenvalue weighted by Crippen LogP contribution is 2.17. The number of alkyl halides is 3. The minimum Gasteiger partial charge on any atom is -0.376 e. The summed E-state index contributed by atoms with van der Waals surface area (Å²) < 4.78 is 55.6. The zero-order chi connectivity index (χ0) is 15.2. The van der Waals surface area contributed by atoms with Crippen molar-refractivity contribution >= 4 is 15.6 Å². The third-order valence-electron chi connectivity index (χ3n) is 2.24. The van der Waals surface area contributed by atoms with Crippen LogP contribution in [-0.2, 0) is 25.9 Å². The average molecular weight is 309 g/mol. The van der Waals surface area contributed by atoms with Crippen molar-refractivity contribution in [3.8, 4) is 0 Å². The minimum absolute atomic E-state index is 0.0428. The van der Waals surface area contributed by atoms with Gasteiger partial charge in [0.15, 0.2) is 0 Å². The summed E-state index contributed by atoms with van der Waals surface area (Å²) in [6.07, 6.45) is -4.09. The molecule has 0 radical (unpaired) electrons. The Labute approximate surface area is 115 Å². The highest BCUT2D eigenvalue weighted by atomic mass is 32.2. The average Bonchev–Trinajstić information content (AvgIpc) is 2.34. The fourth-order valence-electron chi connectivity index (χ4n) is 1.25. The molecule has 0 aliphatic heterocycles. The maximum Gasteiger partial charge on any atom is 0.474 e. The summed E-state index contributed by atoms with van der Waals surface area (Å²) in [7, 11) is -3.24. The number of hydrogen-bond acceptors (Lipinski definition) is 3. The topological polar surface area (TPSA) is 55.7 Å². The number of nitrogens with zero attached hydrogens (tertiary/aromatic N) is 1. The fraction of sp³-hybridized carbons (Fsp3) is 0.417. The number of hydrogen-bond donors (Lipinski definition) is 0. The van der Waals surface area contributed by atoms with Crippen LogP contribution >= 0.6 is 0 Å². The number of carbonyl (C=O) groups excluding carboxylic acids is 1. The molecule has 0 aromatic heterocycles. The summed E-state index contributed by atoms with van der Waals surface area (Å²) in [6, 6.07) is 9.11. The van der Waals surface area contributed by atoms with Crippen LogP contribution in [0.4, 0.5) is 13.2 Å². The lowest BCUT2D eigenvalue weighted by molar-refractivity contribution is -0.169. The predicted octanol–water partition coefficient (Wildman–Crippen LogP) is 2.39. The van der Waals surface area contributed by atoms with Crippen LogP contribution < -0.4 is 0 Å². The van der Waals surface area contributed by atoms with E-state index in [1.807, 2.05) is 30.3 Å². The lowest BCUT2D eigenvalue weighted by Crippen LogP contribution is -2.23. The molecule has 0 saturated carbocycles. The molecule has 1 amide bonds. The Hall–Kier alpha value is -1.41. The maximum absolute atomic E-state index is 12.0. The molecular formula is C12H14F3NO3S. The van der Waals surface area contributed by atoms with Crippen molar-refractivity contribution in [2.24, 2.45) is 4.36 Å². The van der Waals surface area contributed by atoms with E-state index in [2.05, 4.69) is 4.36 Å². The van der Waals surface area contributed by atoms with Crippen molar-refractivity contribution in [2.75, 3.05) is 18.6 Å². The molecular weight excluding hydrogens is 295 g/mol. The molecule has 0 spiro atoms. The summed E-state index contributed by atoms with van der Waals surface area (Å²) in [5.41, 5.74) is 0.887. The normalized spacial score (nSPS) is 14.6. The number of carbonyl (C=O) groups is 1. The summed E-state index contributed by atoms with van der Waals surface area (Å²) >= 11 is 0. The molecule has 0 saturated heterocycles. The summed E-state index contributed by atoms with van der Waals surface area (Å²) in [5, 5.41) is 0. The Kier molecular flexibility index (Phi) is 5.70. The van der Waals surface area contributed by atoms with Gasteiger partial charge in [0.2, 0.25) is 0 Å². The zero-order valence-corrected chi connectivity index (χ0v) is 11.5. The Morgan fingerprint density at radius 1 is 1.30 bits per heavy atom. The first-order valence-corrected chi connectivity index (χ1v) is 7.72. The molecule has 0 bridgehead atoms. The van der Waals surface area contributed by atoms with Crippen LogP contribution in [0.3, 0.4) is 0 Å². The van der Waals surface area contributed by atoms with Gasteiger partial charge in [-0.1, -0.05) is 30.3 Å². The number of halogens is 3. The first kappa shape index (κ1) is 16.6. The molecule has 0 aliphatic rings. The van der Waals surface area contributed by atoms with Gasteiger partial charge in [-0.2, -0.15) is 17.5 Å². The van der Waals surface area contributed by atoms with Crippen LogP contribution in [0.2, 0.25) is 0 Å². The standard InChI is InChI=1S/C12H14F3NO3S/c1-20(18,16-11(17)12(13,14)15)8-7-19-9-10-5-3-2-4-6-10/h2-6H,7-9H2,1H3. The van der Waals surface area contributed by atoms with Gasteiger partial charge in [0.25, 0.3) is 0 Å².